The van der Waals surface area contributed by atoms with E-state index in [-0.39, 0.29) is 22.8 Å². The molecule has 5 nitrogen and oxygen atoms in total. The van der Waals surface area contributed by atoms with Crippen LogP contribution in [0.3, 0.4) is 0 Å². The summed E-state index contributed by atoms with van der Waals surface area (Å²) in [5.41, 5.74) is -1.36. The van der Waals surface area contributed by atoms with Gasteiger partial charge >= 0.3 is 6.18 Å². The van der Waals surface area contributed by atoms with Crippen molar-refractivity contribution < 1.29 is 18.0 Å². The van der Waals surface area contributed by atoms with Crippen molar-refractivity contribution in [3.05, 3.63) is 17.0 Å². The number of alkyl halides is 3. The quantitative estimate of drug-likeness (QED) is 0.779. The maximum atomic E-state index is 12.7. The van der Waals surface area contributed by atoms with Gasteiger partial charge in [0.05, 0.1) is 0 Å². The first-order valence-corrected chi connectivity index (χ1v) is 7.01. The Morgan fingerprint density at radius 1 is 1.43 bits per heavy atom. The Balaban J connectivity index is 1.76. The van der Waals surface area contributed by atoms with Crippen molar-refractivity contribution in [1.29, 1.82) is 0 Å². The molecule has 1 unspecified atom stereocenters. The van der Waals surface area contributed by atoms with Crippen molar-refractivity contribution in [2.45, 2.75) is 50.4 Å². The molecule has 3 rings (SSSR count). The summed E-state index contributed by atoms with van der Waals surface area (Å²) in [7, 11) is 0. The monoisotopic (exact) mass is 302 g/mol. The fraction of sp³-hybridized carbons (Fsp3) is 0.692. The molecule has 0 radical (unpaired) electrons. The van der Waals surface area contributed by atoms with Crippen LogP contribution >= 0.6 is 0 Å². The molecular formula is C13H17F3N4O. The smallest absolute Gasteiger partial charge is 0.346 e. The van der Waals surface area contributed by atoms with Gasteiger partial charge in [-0.15, -0.1) is 0 Å². The largest absolute Gasteiger partial charge is 0.433 e. The molecule has 1 aliphatic heterocycles. The fourth-order valence-electron chi connectivity index (χ4n) is 3.28. The third-order valence-corrected chi connectivity index (χ3v) is 4.64. The van der Waals surface area contributed by atoms with Gasteiger partial charge in [0.2, 0.25) is 0 Å². The maximum Gasteiger partial charge on any atom is 0.433 e. The summed E-state index contributed by atoms with van der Waals surface area (Å²) in [6.45, 7) is 2.07. The zero-order valence-corrected chi connectivity index (χ0v) is 11.6. The third kappa shape index (κ3) is 2.31. The van der Waals surface area contributed by atoms with Crippen LogP contribution in [-0.4, -0.2) is 34.2 Å². The number of carbonyl (C=O) groups is 1. The second kappa shape index (κ2) is 4.72. The average Bonchev–Trinajstić information content (AvgIpc) is 2.91. The van der Waals surface area contributed by atoms with Crippen molar-refractivity contribution >= 4 is 5.91 Å². The molecule has 116 valence electrons. The number of aromatic amines is 1. The molecule has 2 fully saturated rings. The molecule has 1 aliphatic carbocycles. The van der Waals surface area contributed by atoms with Gasteiger partial charge in [-0.25, -0.2) is 0 Å². The molecule has 3 N–H and O–H groups in total. The minimum atomic E-state index is -4.53. The lowest BCUT2D eigenvalue weighted by Crippen LogP contribution is -2.59. The van der Waals surface area contributed by atoms with Crippen LogP contribution in [0.1, 0.15) is 47.4 Å². The number of amides is 1. The van der Waals surface area contributed by atoms with Crippen molar-refractivity contribution in [2.75, 3.05) is 6.54 Å². The summed E-state index contributed by atoms with van der Waals surface area (Å²) < 4.78 is 38.1. The van der Waals surface area contributed by atoms with E-state index in [0.29, 0.717) is 0 Å². The first-order valence-electron chi connectivity index (χ1n) is 7.01. The van der Waals surface area contributed by atoms with Gasteiger partial charge in [0, 0.05) is 17.1 Å². The molecular weight excluding hydrogens is 285 g/mol. The van der Waals surface area contributed by atoms with E-state index < -0.39 is 17.8 Å². The first-order chi connectivity index (χ1) is 9.83. The molecule has 8 heteroatoms. The SMILES string of the molecule is Cc1c(C(=O)NC2CCNC23CCC3)n[nH]c1C(F)(F)F. The highest BCUT2D eigenvalue weighted by atomic mass is 19.4. The van der Waals surface area contributed by atoms with Gasteiger partial charge in [-0.2, -0.15) is 18.3 Å². The molecule has 1 saturated heterocycles. The standard InChI is InChI=1S/C13H17F3N4O/c1-7-9(19-20-10(7)13(14,15)16)11(21)18-8-3-6-17-12(8)4-2-5-12/h8,17H,2-6H2,1H3,(H,18,21)(H,19,20). The lowest BCUT2D eigenvalue weighted by atomic mass is 9.73. The lowest BCUT2D eigenvalue weighted by molar-refractivity contribution is -0.141. The van der Waals surface area contributed by atoms with E-state index in [1.165, 1.54) is 6.92 Å². The number of H-pyrrole nitrogens is 1. The number of nitrogens with one attached hydrogen (secondary N) is 3. The van der Waals surface area contributed by atoms with E-state index in [4.69, 9.17) is 0 Å². The molecule has 0 aromatic carbocycles. The minimum Gasteiger partial charge on any atom is -0.346 e. The van der Waals surface area contributed by atoms with Crippen molar-refractivity contribution in [3.63, 3.8) is 0 Å². The molecule has 2 aliphatic rings. The highest BCUT2D eigenvalue weighted by molar-refractivity contribution is 5.94. The molecule has 2 heterocycles. The van der Waals surface area contributed by atoms with E-state index in [1.807, 2.05) is 5.10 Å². The summed E-state index contributed by atoms with van der Waals surface area (Å²) in [6, 6.07) is -0.0378. The number of hydrogen-bond acceptors (Lipinski definition) is 3. The van der Waals surface area contributed by atoms with E-state index in [0.717, 1.165) is 32.2 Å². The van der Waals surface area contributed by atoms with Crippen LogP contribution in [0.5, 0.6) is 0 Å². The van der Waals surface area contributed by atoms with Gasteiger partial charge in [-0.05, 0) is 39.2 Å². The number of halogens is 3. The summed E-state index contributed by atoms with van der Waals surface area (Å²) in [5.74, 6) is -0.542. The summed E-state index contributed by atoms with van der Waals surface area (Å²) >= 11 is 0. The normalized spacial score (nSPS) is 24.1. The van der Waals surface area contributed by atoms with Gasteiger partial charge in [-0.1, -0.05) is 0 Å². The molecule has 1 aromatic heterocycles. The van der Waals surface area contributed by atoms with Gasteiger partial charge in [0.1, 0.15) is 5.69 Å². The summed E-state index contributed by atoms with van der Waals surface area (Å²) in [4.78, 5) is 12.2. The Bertz CT molecular complexity index is 562. The summed E-state index contributed by atoms with van der Waals surface area (Å²) in [6.07, 6.45) is -0.642. The highest BCUT2D eigenvalue weighted by Gasteiger charge is 2.48. The molecule has 1 saturated carbocycles. The topological polar surface area (TPSA) is 69.8 Å². The van der Waals surface area contributed by atoms with Crippen molar-refractivity contribution in [3.8, 4) is 0 Å². The lowest BCUT2D eigenvalue weighted by Gasteiger charge is -2.43. The predicted octanol–water partition coefficient (Wildman–Crippen LogP) is 1.75. The maximum absolute atomic E-state index is 12.7. The number of nitrogens with zero attached hydrogens (tertiary/aromatic N) is 1. The Morgan fingerprint density at radius 2 is 2.14 bits per heavy atom. The highest BCUT2D eigenvalue weighted by Crippen LogP contribution is 2.39. The van der Waals surface area contributed by atoms with Crippen LogP contribution < -0.4 is 10.6 Å². The molecule has 1 aromatic rings. The molecule has 1 atom stereocenters. The number of aromatic nitrogens is 2. The second-order valence-corrected chi connectivity index (χ2v) is 5.82. The van der Waals surface area contributed by atoms with Crippen LogP contribution in [0.4, 0.5) is 13.2 Å². The molecule has 1 amide bonds. The zero-order chi connectivity index (χ0) is 15.3. The Hall–Kier alpha value is -1.57. The van der Waals surface area contributed by atoms with Crippen LogP contribution in [0, 0.1) is 6.92 Å². The first kappa shape index (κ1) is 14.4. The average molecular weight is 302 g/mol. The van der Waals surface area contributed by atoms with Gasteiger partial charge in [-0.3, -0.25) is 9.89 Å². The molecule has 1 spiro atoms. The third-order valence-electron chi connectivity index (χ3n) is 4.64. The number of rotatable bonds is 2. The second-order valence-electron chi connectivity index (χ2n) is 5.82. The van der Waals surface area contributed by atoms with Gasteiger partial charge in [0.25, 0.3) is 5.91 Å². The van der Waals surface area contributed by atoms with Crippen LogP contribution in [-0.2, 0) is 6.18 Å². The Kier molecular flexibility index (Phi) is 3.23. The molecule has 21 heavy (non-hydrogen) atoms. The van der Waals surface area contributed by atoms with Gasteiger partial charge < -0.3 is 10.6 Å². The van der Waals surface area contributed by atoms with Crippen LogP contribution in [0.2, 0.25) is 0 Å². The Labute approximate surface area is 119 Å². The van der Waals surface area contributed by atoms with Gasteiger partial charge in [0.15, 0.2) is 5.69 Å². The van der Waals surface area contributed by atoms with E-state index in [1.54, 1.807) is 0 Å². The minimum absolute atomic E-state index is 0.0378. The zero-order valence-electron chi connectivity index (χ0n) is 11.6. The molecule has 0 bridgehead atoms. The van der Waals surface area contributed by atoms with Crippen molar-refractivity contribution in [2.24, 2.45) is 0 Å². The van der Waals surface area contributed by atoms with E-state index >= 15 is 0 Å². The predicted molar refractivity (Wildman–Crippen MR) is 68.8 cm³/mol. The van der Waals surface area contributed by atoms with Crippen molar-refractivity contribution in [1.82, 2.24) is 20.8 Å². The van der Waals surface area contributed by atoms with E-state index in [2.05, 4.69) is 15.7 Å². The number of hydrogen-bond donors (Lipinski definition) is 3. The number of carbonyl (C=O) groups excluding carboxylic acids is 1. The fourth-order valence-corrected chi connectivity index (χ4v) is 3.28. The van der Waals surface area contributed by atoms with E-state index in [9.17, 15) is 18.0 Å². The Morgan fingerprint density at radius 3 is 2.67 bits per heavy atom. The van der Waals surface area contributed by atoms with Crippen LogP contribution in [0.25, 0.3) is 0 Å². The van der Waals surface area contributed by atoms with Crippen LogP contribution in [0.15, 0.2) is 0 Å². The summed E-state index contributed by atoms with van der Waals surface area (Å²) in [5, 5.41) is 11.7.